The number of aryl methyl sites for hydroxylation is 1. The molecule has 5 nitrogen and oxygen atoms in total. The summed E-state index contributed by atoms with van der Waals surface area (Å²) < 4.78 is 13.7. The van der Waals surface area contributed by atoms with Crippen LogP contribution in [-0.2, 0) is 9.47 Å². The lowest BCUT2D eigenvalue weighted by atomic mass is 9.89. The first-order chi connectivity index (χ1) is 10.1. The maximum absolute atomic E-state index is 10.2. The van der Waals surface area contributed by atoms with Gasteiger partial charge in [-0.05, 0) is 26.7 Å². The van der Waals surface area contributed by atoms with E-state index in [4.69, 9.17) is 14.6 Å². The molecule has 3 rings (SSSR count). The van der Waals surface area contributed by atoms with E-state index >= 15 is 0 Å². The molecule has 1 spiro atoms. The first kappa shape index (κ1) is 15.0. The molecular weight excluding hydrogens is 268 g/mol. The Bertz CT molecular complexity index is 506. The minimum absolute atomic E-state index is 0.112. The first-order valence-electron chi connectivity index (χ1n) is 8.01. The summed E-state index contributed by atoms with van der Waals surface area (Å²) >= 11 is 0. The van der Waals surface area contributed by atoms with E-state index < -0.39 is 6.10 Å². The Hall–Kier alpha value is -0.910. The van der Waals surface area contributed by atoms with Gasteiger partial charge in [-0.15, -0.1) is 0 Å². The second kappa shape index (κ2) is 5.71. The van der Waals surface area contributed by atoms with Gasteiger partial charge in [-0.2, -0.15) is 5.10 Å². The zero-order chi connectivity index (χ0) is 15.0. The summed E-state index contributed by atoms with van der Waals surface area (Å²) in [5.74, 6) is 0. The van der Waals surface area contributed by atoms with Crippen LogP contribution in [-0.4, -0.2) is 40.3 Å². The molecule has 3 heterocycles. The predicted molar refractivity (Wildman–Crippen MR) is 79.3 cm³/mol. The highest BCUT2D eigenvalue weighted by Crippen LogP contribution is 2.39. The van der Waals surface area contributed by atoms with Crippen molar-refractivity contribution in [1.82, 2.24) is 9.78 Å². The number of ether oxygens (including phenoxy) is 2. The van der Waals surface area contributed by atoms with Crippen LogP contribution in [0.25, 0.3) is 0 Å². The summed E-state index contributed by atoms with van der Waals surface area (Å²) in [5.41, 5.74) is 2.94. The fourth-order valence-electron chi connectivity index (χ4n) is 3.79. The molecule has 0 bridgehead atoms. The molecule has 0 aliphatic carbocycles. The molecule has 2 aliphatic rings. The lowest BCUT2D eigenvalue weighted by molar-refractivity contribution is -0.0965. The van der Waals surface area contributed by atoms with Crippen molar-refractivity contribution in [2.24, 2.45) is 0 Å². The van der Waals surface area contributed by atoms with Gasteiger partial charge in [0.1, 0.15) is 0 Å². The minimum atomic E-state index is -0.414. The molecular formula is C16H26N2O3. The van der Waals surface area contributed by atoms with Crippen LogP contribution in [0, 0.1) is 13.8 Å². The first-order valence-corrected chi connectivity index (χ1v) is 8.01. The van der Waals surface area contributed by atoms with E-state index in [0.29, 0.717) is 12.6 Å². The third-order valence-corrected chi connectivity index (χ3v) is 4.98. The molecule has 3 atom stereocenters. The van der Waals surface area contributed by atoms with Crippen molar-refractivity contribution in [3.8, 4) is 0 Å². The quantitative estimate of drug-likeness (QED) is 0.930. The van der Waals surface area contributed by atoms with Gasteiger partial charge in [-0.25, -0.2) is 0 Å². The number of hydrogen-bond acceptors (Lipinski definition) is 4. The normalized spacial score (nSPS) is 31.0. The number of hydrogen-bond donors (Lipinski definition) is 1. The highest BCUT2D eigenvalue weighted by atomic mass is 16.6. The number of aliphatic hydroxyl groups is 1. The molecule has 2 aliphatic heterocycles. The molecule has 3 unspecified atom stereocenters. The molecule has 0 radical (unpaired) electrons. The average Bonchev–Trinajstić information content (AvgIpc) is 3.03. The van der Waals surface area contributed by atoms with Gasteiger partial charge in [0.15, 0.2) is 0 Å². The third kappa shape index (κ3) is 2.62. The Morgan fingerprint density at radius 1 is 1.43 bits per heavy atom. The number of aromatic nitrogens is 2. The van der Waals surface area contributed by atoms with Crippen LogP contribution < -0.4 is 0 Å². The molecule has 0 aromatic carbocycles. The van der Waals surface area contributed by atoms with E-state index in [0.717, 1.165) is 55.8 Å². The van der Waals surface area contributed by atoms with Crippen LogP contribution in [0.3, 0.4) is 0 Å². The van der Waals surface area contributed by atoms with Gasteiger partial charge < -0.3 is 14.6 Å². The fourth-order valence-corrected chi connectivity index (χ4v) is 3.79. The molecule has 5 heteroatoms. The SMILES string of the molecule is CCC(O)c1c(C)nn(C2CCOC3(CCOC3)C2)c1C. The topological polar surface area (TPSA) is 56.5 Å². The molecule has 1 N–H and O–H groups in total. The molecule has 21 heavy (non-hydrogen) atoms. The van der Waals surface area contributed by atoms with Crippen molar-refractivity contribution in [2.75, 3.05) is 19.8 Å². The van der Waals surface area contributed by atoms with Crippen molar-refractivity contribution in [3.63, 3.8) is 0 Å². The van der Waals surface area contributed by atoms with Gasteiger partial charge in [0.05, 0.1) is 30.0 Å². The molecule has 1 aromatic heterocycles. The summed E-state index contributed by atoms with van der Waals surface area (Å²) in [7, 11) is 0. The van der Waals surface area contributed by atoms with E-state index in [9.17, 15) is 5.11 Å². The Morgan fingerprint density at radius 2 is 2.24 bits per heavy atom. The molecule has 0 amide bonds. The van der Waals surface area contributed by atoms with Crippen LogP contribution in [0.15, 0.2) is 0 Å². The van der Waals surface area contributed by atoms with Crippen LogP contribution in [0.5, 0.6) is 0 Å². The van der Waals surface area contributed by atoms with Crippen LogP contribution in [0.4, 0.5) is 0 Å². The zero-order valence-electron chi connectivity index (χ0n) is 13.3. The molecule has 2 fully saturated rings. The lowest BCUT2D eigenvalue weighted by Crippen LogP contribution is -2.41. The Balaban J connectivity index is 1.86. The molecule has 2 saturated heterocycles. The minimum Gasteiger partial charge on any atom is -0.388 e. The standard InChI is InChI=1S/C16H26N2O3/c1-4-14(19)15-11(2)17-18(12(15)3)13-5-7-21-16(9-13)6-8-20-10-16/h13-14,19H,4-10H2,1-3H3. The highest BCUT2D eigenvalue weighted by molar-refractivity contribution is 5.27. The Kier molecular flexibility index (Phi) is 4.08. The fraction of sp³-hybridized carbons (Fsp3) is 0.812. The number of aliphatic hydroxyl groups excluding tert-OH is 1. The second-order valence-electron chi connectivity index (χ2n) is 6.43. The maximum atomic E-state index is 10.2. The lowest BCUT2D eigenvalue weighted by Gasteiger charge is -2.37. The summed E-state index contributed by atoms with van der Waals surface area (Å²) in [6.45, 7) is 8.32. The second-order valence-corrected chi connectivity index (χ2v) is 6.43. The van der Waals surface area contributed by atoms with Crippen molar-refractivity contribution >= 4 is 0 Å². The van der Waals surface area contributed by atoms with Gasteiger partial charge in [0.25, 0.3) is 0 Å². The van der Waals surface area contributed by atoms with Gasteiger partial charge in [-0.1, -0.05) is 6.92 Å². The summed E-state index contributed by atoms with van der Waals surface area (Å²) in [6.07, 6.45) is 3.22. The largest absolute Gasteiger partial charge is 0.388 e. The summed E-state index contributed by atoms with van der Waals surface area (Å²) in [4.78, 5) is 0. The summed E-state index contributed by atoms with van der Waals surface area (Å²) in [5, 5.41) is 14.9. The van der Waals surface area contributed by atoms with Crippen molar-refractivity contribution in [2.45, 2.75) is 64.2 Å². The van der Waals surface area contributed by atoms with Gasteiger partial charge >= 0.3 is 0 Å². The summed E-state index contributed by atoms with van der Waals surface area (Å²) in [6, 6.07) is 0.344. The predicted octanol–water partition coefficient (Wildman–Crippen LogP) is 2.45. The Labute approximate surface area is 126 Å². The van der Waals surface area contributed by atoms with E-state index in [1.807, 2.05) is 13.8 Å². The van der Waals surface area contributed by atoms with E-state index in [2.05, 4.69) is 11.6 Å². The van der Waals surface area contributed by atoms with Crippen LogP contribution >= 0.6 is 0 Å². The van der Waals surface area contributed by atoms with Gasteiger partial charge in [-0.3, -0.25) is 4.68 Å². The van der Waals surface area contributed by atoms with E-state index in [1.54, 1.807) is 0 Å². The van der Waals surface area contributed by atoms with Crippen LogP contribution in [0.1, 0.15) is 61.7 Å². The Morgan fingerprint density at radius 3 is 2.90 bits per heavy atom. The maximum Gasteiger partial charge on any atom is 0.0957 e. The number of rotatable bonds is 3. The molecule has 1 aromatic rings. The van der Waals surface area contributed by atoms with Gasteiger partial charge in [0.2, 0.25) is 0 Å². The van der Waals surface area contributed by atoms with E-state index in [-0.39, 0.29) is 5.60 Å². The van der Waals surface area contributed by atoms with Crippen molar-refractivity contribution < 1.29 is 14.6 Å². The average molecular weight is 294 g/mol. The van der Waals surface area contributed by atoms with Gasteiger partial charge in [0, 0.05) is 37.3 Å². The van der Waals surface area contributed by atoms with Crippen molar-refractivity contribution in [1.29, 1.82) is 0 Å². The molecule has 0 saturated carbocycles. The van der Waals surface area contributed by atoms with Crippen molar-refractivity contribution in [3.05, 3.63) is 17.0 Å². The monoisotopic (exact) mass is 294 g/mol. The molecule has 118 valence electrons. The third-order valence-electron chi connectivity index (χ3n) is 4.98. The zero-order valence-corrected chi connectivity index (χ0v) is 13.3. The highest BCUT2D eigenvalue weighted by Gasteiger charge is 2.42. The smallest absolute Gasteiger partial charge is 0.0957 e. The number of nitrogens with zero attached hydrogens (tertiary/aromatic N) is 2. The van der Waals surface area contributed by atoms with Crippen LogP contribution in [0.2, 0.25) is 0 Å². The van der Waals surface area contributed by atoms with E-state index in [1.165, 1.54) is 0 Å².